The molecule has 0 radical (unpaired) electrons. The molecule has 2 fully saturated rings. The van der Waals surface area contributed by atoms with E-state index in [1.807, 2.05) is 30.3 Å². The van der Waals surface area contributed by atoms with Crippen molar-refractivity contribution >= 4 is 20.1 Å². The average molecular weight is 427 g/mol. The second kappa shape index (κ2) is 8.76. The fourth-order valence-electron chi connectivity index (χ4n) is 3.30. The van der Waals surface area contributed by atoms with E-state index in [4.69, 9.17) is 18.6 Å². The lowest BCUT2D eigenvalue weighted by atomic mass is 9.99. The Bertz CT molecular complexity index is 635. The van der Waals surface area contributed by atoms with E-state index in [1.165, 1.54) is 0 Å². The zero-order chi connectivity index (χ0) is 20.5. The molecule has 2 saturated heterocycles. The van der Waals surface area contributed by atoms with Crippen LogP contribution in [0, 0.1) is 0 Å². The predicted octanol–water partition coefficient (Wildman–Crippen LogP) is 4.33. The van der Waals surface area contributed by atoms with Crippen LogP contribution in [0.4, 0.5) is 0 Å². The number of ether oxygens (including phenoxy) is 3. The lowest BCUT2D eigenvalue weighted by Crippen LogP contribution is -2.64. The van der Waals surface area contributed by atoms with Gasteiger partial charge in [0.15, 0.2) is 14.6 Å². The second-order valence-electron chi connectivity index (χ2n) is 9.01. The number of hydrogen-bond acceptors (Lipinski definition) is 6. The summed E-state index contributed by atoms with van der Waals surface area (Å²) < 4.78 is 25.1. The third-order valence-electron chi connectivity index (χ3n) is 5.95. The highest BCUT2D eigenvalue weighted by molar-refractivity contribution is 7.99. The smallest absolute Gasteiger partial charge is 0.192 e. The largest absolute Gasteiger partial charge is 0.408 e. The normalized spacial score (nSPS) is 34.1. The number of thioether (sulfide) groups is 1. The molecule has 2 heterocycles. The van der Waals surface area contributed by atoms with Crippen molar-refractivity contribution in [2.45, 2.75) is 82.0 Å². The van der Waals surface area contributed by atoms with Gasteiger partial charge in [0.2, 0.25) is 0 Å². The molecule has 158 valence electrons. The molecule has 0 amide bonds. The third kappa shape index (κ3) is 4.66. The van der Waals surface area contributed by atoms with E-state index in [0.29, 0.717) is 6.61 Å². The Morgan fingerprint density at radius 2 is 1.86 bits per heavy atom. The molecular formula is C21H34O5SSi. The molecule has 1 unspecified atom stereocenters. The van der Waals surface area contributed by atoms with Crippen LogP contribution in [0.15, 0.2) is 30.3 Å². The summed E-state index contributed by atoms with van der Waals surface area (Å²) in [6.45, 7) is 13.5. The molecular weight excluding hydrogens is 392 g/mol. The average Bonchev–Trinajstić information content (AvgIpc) is 2.65. The molecule has 28 heavy (non-hydrogen) atoms. The molecule has 3 rings (SSSR count). The Kier molecular flexibility index (Phi) is 6.97. The highest BCUT2D eigenvalue weighted by atomic mass is 32.2. The van der Waals surface area contributed by atoms with Gasteiger partial charge in [0, 0.05) is 5.56 Å². The highest BCUT2D eigenvalue weighted by Gasteiger charge is 2.53. The van der Waals surface area contributed by atoms with Crippen molar-refractivity contribution < 1.29 is 23.7 Å². The van der Waals surface area contributed by atoms with Crippen molar-refractivity contribution in [3.05, 3.63) is 35.9 Å². The summed E-state index contributed by atoms with van der Waals surface area (Å²) in [4.78, 5) is 0. The number of fused-ring (bicyclic) bond motifs is 1. The maximum Gasteiger partial charge on any atom is 0.192 e. The summed E-state index contributed by atoms with van der Waals surface area (Å²) in [6.07, 6.45) is -2.26. The Labute approximate surface area is 174 Å². The van der Waals surface area contributed by atoms with Gasteiger partial charge in [0.05, 0.1) is 6.61 Å². The molecule has 1 aromatic rings. The second-order valence-corrected chi connectivity index (χ2v) is 15.1. The zero-order valence-electron chi connectivity index (χ0n) is 17.8. The van der Waals surface area contributed by atoms with Gasteiger partial charge in [-0.3, -0.25) is 0 Å². The summed E-state index contributed by atoms with van der Waals surface area (Å²) in [5.74, 6) is 0.861. The fourth-order valence-corrected chi connectivity index (χ4v) is 5.50. The monoisotopic (exact) mass is 426 g/mol. The lowest BCUT2D eigenvalue weighted by Gasteiger charge is -2.51. The van der Waals surface area contributed by atoms with Gasteiger partial charge in [0.1, 0.15) is 29.9 Å². The Hall–Kier alpha value is -0.413. The van der Waals surface area contributed by atoms with Crippen LogP contribution in [-0.2, 0) is 18.6 Å². The first kappa shape index (κ1) is 22.3. The van der Waals surface area contributed by atoms with Gasteiger partial charge in [-0.15, -0.1) is 11.8 Å². The minimum absolute atomic E-state index is 0.0396. The van der Waals surface area contributed by atoms with E-state index in [0.717, 1.165) is 11.3 Å². The van der Waals surface area contributed by atoms with E-state index in [9.17, 15) is 5.11 Å². The summed E-state index contributed by atoms with van der Waals surface area (Å²) >= 11 is 1.60. The van der Waals surface area contributed by atoms with Crippen LogP contribution in [0.25, 0.3) is 0 Å². The quantitative estimate of drug-likeness (QED) is 0.707. The van der Waals surface area contributed by atoms with E-state index >= 15 is 0 Å². The molecule has 0 bridgehead atoms. The van der Waals surface area contributed by atoms with Crippen LogP contribution in [-0.4, -0.2) is 55.6 Å². The zero-order valence-corrected chi connectivity index (χ0v) is 19.6. The van der Waals surface area contributed by atoms with E-state index in [1.54, 1.807) is 11.8 Å². The SMILES string of the molecule is CCS[C@@H]1O[C@@H]2COC(c3ccccc3)O[C@H]2[C@H](O[Si](C)(C)C(C)(C)C)[C@H]1O. The van der Waals surface area contributed by atoms with Crippen molar-refractivity contribution in [1.82, 2.24) is 0 Å². The molecule has 0 saturated carbocycles. The van der Waals surface area contributed by atoms with Crippen molar-refractivity contribution in [3.8, 4) is 0 Å². The van der Waals surface area contributed by atoms with Gasteiger partial charge in [-0.1, -0.05) is 58.0 Å². The Morgan fingerprint density at radius 3 is 2.46 bits per heavy atom. The third-order valence-corrected chi connectivity index (χ3v) is 11.5. The van der Waals surface area contributed by atoms with Crippen LogP contribution in [0.2, 0.25) is 18.1 Å². The van der Waals surface area contributed by atoms with E-state index in [2.05, 4.69) is 40.8 Å². The molecule has 0 aromatic heterocycles. The summed E-state index contributed by atoms with van der Waals surface area (Å²) in [7, 11) is -2.11. The van der Waals surface area contributed by atoms with Gasteiger partial charge in [-0.25, -0.2) is 0 Å². The Balaban J connectivity index is 1.85. The van der Waals surface area contributed by atoms with Gasteiger partial charge in [0.25, 0.3) is 0 Å². The minimum Gasteiger partial charge on any atom is -0.408 e. The predicted molar refractivity (Wildman–Crippen MR) is 115 cm³/mol. The van der Waals surface area contributed by atoms with Gasteiger partial charge in [-0.2, -0.15) is 0 Å². The van der Waals surface area contributed by atoms with Crippen molar-refractivity contribution in [3.63, 3.8) is 0 Å². The van der Waals surface area contributed by atoms with Crippen molar-refractivity contribution in [1.29, 1.82) is 0 Å². The fraction of sp³-hybridized carbons (Fsp3) is 0.714. The maximum atomic E-state index is 11.1. The summed E-state index contributed by atoms with van der Waals surface area (Å²) in [5, 5.41) is 11.2. The first-order chi connectivity index (χ1) is 13.1. The minimum atomic E-state index is -2.11. The van der Waals surface area contributed by atoms with Crippen molar-refractivity contribution in [2.24, 2.45) is 0 Å². The first-order valence-electron chi connectivity index (χ1n) is 10.1. The lowest BCUT2D eigenvalue weighted by molar-refractivity contribution is -0.316. The molecule has 2 aliphatic heterocycles. The number of aliphatic hydroxyl groups is 1. The number of rotatable bonds is 5. The van der Waals surface area contributed by atoms with Crippen molar-refractivity contribution in [2.75, 3.05) is 12.4 Å². The first-order valence-corrected chi connectivity index (χ1v) is 14.0. The molecule has 2 aliphatic rings. The van der Waals surface area contributed by atoms with Gasteiger partial charge >= 0.3 is 0 Å². The molecule has 1 N–H and O–H groups in total. The van der Waals surface area contributed by atoms with Crippen LogP contribution >= 0.6 is 11.8 Å². The van der Waals surface area contributed by atoms with Crippen LogP contribution in [0.3, 0.4) is 0 Å². The summed E-state index contributed by atoms with van der Waals surface area (Å²) in [6, 6.07) is 9.89. The van der Waals surface area contributed by atoms with Crippen LogP contribution < -0.4 is 0 Å². The molecule has 5 nitrogen and oxygen atoms in total. The van der Waals surface area contributed by atoms with Crippen LogP contribution in [0.1, 0.15) is 39.5 Å². The van der Waals surface area contributed by atoms with E-state index in [-0.39, 0.29) is 22.7 Å². The highest BCUT2D eigenvalue weighted by Crippen LogP contribution is 2.43. The molecule has 7 heteroatoms. The number of benzene rings is 1. The Morgan fingerprint density at radius 1 is 1.18 bits per heavy atom. The molecule has 6 atom stereocenters. The van der Waals surface area contributed by atoms with Gasteiger partial charge in [-0.05, 0) is 23.9 Å². The standard InChI is InChI=1S/C21H34O5SSi/c1-7-27-20-16(22)18(26-28(5,6)21(2,3)4)17-15(24-20)13-23-19(25-17)14-11-9-8-10-12-14/h8-12,15-20,22H,7,13H2,1-6H3/t15-,16-,17-,18-,19?,20+/m1/s1. The van der Waals surface area contributed by atoms with Crippen LogP contribution in [0.5, 0.6) is 0 Å². The summed E-state index contributed by atoms with van der Waals surface area (Å²) in [5.41, 5.74) is 0.632. The molecule has 0 spiro atoms. The van der Waals surface area contributed by atoms with E-state index < -0.39 is 26.8 Å². The number of aliphatic hydroxyl groups excluding tert-OH is 1. The number of hydrogen-bond donors (Lipinski definition) is 1. The molecule has 0 aliphatic carbocycles. The maximum absolute atomic E-state index is 11.1. The molecule has 1 aromatic carbocycles. The topological polar surface area (TPSA) is 57.2 Å². The van der Waals surface area contributed by atoms with Gasteiger partial charge < -0.3 is 23.7 Å².